The van der Waals surface area contributed by atoms with Crippen LogP contribution in [0.2, 0.25) is 10.2 Å². The first kappa shape index (κ1) is 8.43. The number of rotatable bonds is 1. The van der Waals surface area contributed by atoms with Gasteiger partial charge in [0.05, 0.1) is 5.69 Å². The molecule has 5 heteroatoms. The molecule has 0 aromatic carbocycles. The normalized spacial score (nSPS) is 9.73. The van der Waals surface area contributed by atoms with E-state index in [4.69, 9.17) is 28.9 Å². The van der Waals surface area contributed by atoms with E-state index >= 15 is 0 Å². The number of pyridine rings is 1. The molecular formula is C6H7Cl2N3. The van der Waals surface area contributed by atoms with Gasteiger partial charge in [-0.05, 0) is 0 Å². The quantitative estimate of drug-likeness (QED) is 0.669. The van der Waals surface area contributed by atoms with Crippen LogP contribution in [0.25, 0.3) is 0 Å². The van der Waals surface area contributed by atoms with Crippen molar-refractivity contribution >= 4 is 34.7 Å². The third-order valence-corrected chi connectivity index (χ3v) is 1.78. The van der Waals surface area contributed by atoms with Crippen LogP contribution in [0, 0.1) is 0 Å². The summed E-state index contributed by atoms with van der Waals surface area (Å²) in [6, 6.07) is 1.50. The highest BCUT2D eigenvalue weighted by molar-refractivity contribution is 6.36. The van der Waals surface area contributed by atoms with Crippen molar-refractivity contribution in [2.75, 3.05) is 18.1 Å². The smallest absolute Gasteiger partial charge is 0.148 e. The molecule has 11 heavy (non-hydrogen) atoms. The molecule has 0 spiro atoms. The van der Waals surface area contributed by atoms with Crippen LogP contribution in [0.15, 0.2) is 6.07 Å². The Bertz CT molecular complexity index is 275. The SMILES string of the molecule is CNc1nc(Cl)cc(N)c1Cl. The van der Waals surface area contributed by atoms with Gasteiger partial charge in [0.2, 0.25) is 0 Å². The van der Waals surface area contributed by atoms with Gasteiger partial charge >= 0.3 is 0 Å². The molecule has 60 valence electrons. The molecule has 1 aromatic heterocycles. The molecule has 1 heterocycles. The lowest BCUT2D eigenvalue weighted by Crippen LogP contribution is -1.97. The number of anilines is 2. The molecule has 3 N–H and O–H groups in total. The molecule has 1 aromatic rings. The lowest BCUT2D eigenvalue weighted by molar-refractivity contribution is 1.29. The third-order valence-electron chi connectivity index (χ3n) is 1.19. The van der Waals surface area contributed by atoms with Crippen LogP contribution in [0.4, 0.5) is 11.5 Å². The van der Waals surface area contributed by atoms with Crippen LogP contribution in [-0.4, -0.2) is 12.0 Å². The largest absolute Gasteiger partial charge is 0.397 e. The molecule has 3 nitrogen and oxygen atoms in total. The summed E-state index contributed by atoms with van der Waals surface area (Å²) in [7, 11) is 1.70. The fourth-order valence-electron chi connectivity index (χ4n) is 0.682. The summed E-state index contributed by atoms with van der Waals surface area (Å²) in [6.45, 7) is 0. The fraction of sp³-hybridized carbons (Fsp3) is 0.167. The number of aromatic nitrogens is 1. The maximum Gasteiger partial charge on any atom is 0.148 e. The van der Waals surface area contributed by atoms with Crippen LogP contribution in [0.1, 0.15) is 0 Å². The van der Waals surface area contributed by atoms with E-state index in [-0.39, 0.29) is 0 Å². The van der Waals surface area contributed by atoms with Gasteiger partial charge in [-0.3, -0.25) is 0 Å². The van der Waals surface area contributed by atoms with E-state index in [0.717, 1.165) is 0 Å². The van der Waals surface area contributed by atoms with Crippen molar-refractivity contribution in [1.29, 1.82) is 0 Å². The summed E-state index contributed by atoms with van der Waals surface area (Å²) in [5.41, 5.74) is 5.93. The molecule has 0 aliphatic carbocycles. The minimum atomic E-state index is 0.330. The maximum absolute atomic E-state index is 5.76. The molecule has 0 unspecified atom stereocenters. The van der Waals surface area contributed by atoms with Crippen LogP contribution >= 0.6 is 23.2 Å². The summed E-state index contributed by atoms with van der Waals surface area (Å²) >= 11 is 11.4. The van der Waals surface area contributed by atoms with Gasteiger partial charge in [0.1, 0.15) is 16.0 Å². The third kappa shape index (κ3) is 1.67. The molecule has 0 amide bonds. The average Bonchev–Trinajstić information content (AvgIpc) is 1.96. The van der Waals surface area contributed by atoms with Gasteiger partial charge in [0.15, 0.2) is 0 Å². The summed E-state index contributed by atoms with van der Waals surface area (Å²) in [5.74, 6) is 0.497. The predicted molar refractivity (Wildman–Crippen MR) is 48.2 cm³/mol. The first-order valence-electron chi connectivity index (χ1n) is 2.94. The molecule has 0 saturated heterocycles. The minimum absolute atomic E-state index is 0.330. The topological polar surface area (TPSA) is 50.9 Å². The number of nitrogens with two attached hydrogens (primary N) is 1. The molecule has 0 bridgehead atoms. The second kappa shape index (κ2) is 3.15. The Balaban J connectivity index is 3.24. The number of nitrogens with zero attached hydrogens (tertiary/aromatic N) is 1. The van der Waals surface area contributed by atoms with Crippen molar-refractivity contribution in [3.63, 3.8) is 0 Å². The second-order valence-corrected chi connectivity index (χ2v) is 2.71. The lowest BCUT2D eigenvalue weighted by Gasteiger charge is -2.04. The first-order chi connectivity index (χ1) is 5.15. The highest BCUT2D eigenvalue weighted by atomic mass is 35.5. The molecule has 0 fully saturated rings. The van der Waals surface area contributed by atoms with Crippen molar-refractivity contribution in [2.24, 2.45) is 0 Å². The zero-order chi connectivity index (χ0) is 8.43. The molecular weight excluding hydrogens is 185 g/mol. The van der Waals surface area contributed by atoms with Crippen LogP contribution in [-0.2, 0) is 0 Å². The number of hydrogen-bond acceptors (Lipinski definition) is 3. The van der Waals surface area contributed by atoms with Gasteiger partial charge in [0, 0.05) is 13.1 Å². The number of hydrogen-bond donors (Lipinski definition) is 2. The van der Waals surface area contributed by atoms with Crippen molar-refractivity contribution in [1.82, 2.24) is 4.98 Å². The van der Waals surface area contributed by atoms with E-state index in [1.165, 1.54) is 6.07 Å². The van der Waals surface area contributed by atoms with E-state index in [9.17, 15) is 0 Å². The summed E-state index contributed by atoms with van der Waals surface area (Å²) < 4.78 is 0. The monoisotopic (exact) mass is 191 g/mol. The molecule has 0 aliphatic heterocycles. The fourth-order valence-corrected chi connectivity index (χ4v) is 1.08. The van der Waals surface area contributed by atoms with Gasteiger partial charge in [-0.1, -0.05) is 23.2 Å². The van der Waals surface area contributed by atoms with Gasteiger partial charge in [-0.25, -0.2) is 4.98 Å². The Morgan fingerprint density at radius 2 is 2.18 bits per heavy atom. The summed E-state index contributed by atoms with van der Waals surface area (Å²) in [4.78, 5) is 3.89. The van der Waals surface area contributed by atoms with Gasteiger partial charge < -0.3 is 11.1 Å². The van der Waals surface area contributed by atoms with E-state index in [2.05, 4.69) is 10.3 Å². The molecule has 1 rings (SSSR count). The Hall–Kier alpha value is -0.670. The Kier molecular flexibility index (Phi) is 2.42. The minimum Gasteiger partial charge on any atom is -0.397 e. The Morgan fingerprint density at radius 3 is 2.73 bits per heavy atom. The van der Waals surface area contributed by atoms with Crippen molar-refractivity contribution < 1.29 is 0 Å². The maximum atomic E-state index is 5.76. The van der Waals surface area contributed by atoms with E-state index in [1.807, 2.05) is 0 Å². The van der Waals surface area contributed by atoms with Crippen molar-refractivity contribution in [2.45, 2.75) is 0 Å². The van der Waals surface area contributed by atoms with Crippen molar-refractivity contribution in [3.8, 4) is 0 Å². The average molecular weight is 192 g/mol. The van der Waals surface area contributed by atoms with Gasteiger partial charge in [-0.2, -0.15) is 0 Å². The number of nitrogens with one attached hydrogen (secondary N) is 1. The van der Waals surface area contributed by atoms with Gasteiger partial charge in [-0.15, -0.1) is 0 Å². The number of halogens is 2. The summed E-state index contributed by atoms with van der Waals surface area (Å²) in [5, 5.41) is 3.50. The van der Waals surface area contributed by atoms with Gasteiger partial charge in [0.25, 0.3) is 0 Å². The molecule has 0 atom stereocenters. The van der Waals surface area contributed by atoms with Crippen molar-refractivity contribution in [3.05, 3.63) is 16.2 Å². The van der Waals surface area contributed by atoms with Crippen LogP contribution in [0.5, 0.6) is 0 Å². The van der Waals surface area contributed by atoms with Crippen LogP contribution in [0.3, 0.4) is 0 Å². The number of nitrogen functional groups attached to an aromatic ring is 1. The predicted octanol–water partition coefficient (Wildman–Crippen LogP) is 2.01. The highest BCUT2D eigenvalue weighted by Gasteiger charge is 2.04. The molecule has 0 saturated carbocycles. The highest BCUT2D eigenvalue weighted by Crippen LogP contribution is 2.27. The molecule has 0 radical (unpaired) electrons. The van der Waals surface area contributed by atoms with E-state index in [1.54, 1.807) is 7.05 Å². The van der Waals surface area contributed by atoms with Crippen LogP contribution < -0.4 is 11.1 Å². The zero-order valence-electron chi connectivity index (χ0n) is 5.86. The summed E-state index contributed by atoms with van der Waals surface area (Å²) in [6.07, 6.45) is 0. The Labute approximate surface area is 74.5 Å². The lowest BCUT2D eigenvalue weighted by atomic mass is 10.4. The van der Waals surface area contributed by atoms with E-state index in [0.29, 0.717) is 21.7 Å². The zero-order valence-corrected chi connectivity index (χ0v) is 7.37. The Morgan fingerprint density at radius 1 is 1.55 bits per heavy atom. The molecule has 0 aliphatic rings. The van der Waals surface area contributed by atoms with E-state index < -0.39 is 0 Å². The first-order valence-corrected chi connectivity index (χ1v) is 3.70. The second-order valence-electron chi connectivity index (χ2n) is 1.95. The standard InChI is InChI=1S/C6H7Cl2N3/c1-10-6-5(8)3(9)2-4(7)11-6/h2H,1H3,(H3,9,10,11).